The third kappa shape index (κ3) is 3.25. The van der Waals surface area contributed by atoms with Crippen LogP contribution < -0.4 is 5.32 Å². The zero-order valence-corrected chi connectivity index (χ0v) is 14.3. The number of hydrogen-bond donors (Lipinski definition) is 2. The number of aromatic nitrogens is 2. The number of aromatic amines is 1. The first-order valence-corrected chi connectivity index (χ1v) is 8.85. The molecule has 0 saturated heterocycles. The highest BCUT2D eigenvalue weighted by Crippen LogP contribution is 2.31. The maximum Gasteiger partial charge on any atom is 0.229 e. The van der Waals surface area contributed by atoms with E-state index in [0.717, 1.165) is 41.8 Å². The molecule has 1 aliphatic rings. The van der Waals surface area contributed by atoms with Crippen LogP contribution >= 0.6 is 0 Å². The van der Waals surface area contributed by atoms with Crippen molar-refractivity contribution in [2.24, 2.45) is 0 Å². The highest BCUT2D eigenvalue weighted by Gasteiger charge is 2.30. The minimum atomic E-state index is -0.325. The lowest BCUT2D eigenvalue weighted by Gasteiger charge is -2.25. The molecule has 4 rings (SSSR count). The molecule has 26 heavy (non-hydrogen) atoms. The maximum absolute atomic E-state index is 13.3. The number of amides is 1. The number of imidazole rings is 1. The van der Waals surface area contributed by atoms with E-state index in [1.165, 1.54) is 12.1 Å². The lowest BCUT2D eigenvalue weighted by molar-refractivity contribution is -0.123. The Balaban J connectivity index is 1.63. The minimum absolute atomic E-state index is 0.0452. The van der Waals surface area contributed by atoms with Crippen molar-refractivity contribution in [2.45, 2.75) is 31.2 Å². The lowest BCUT2D eigenvalue weighted by Crippen LogP contribution is -2.35. The van der Waals surface area contributed by atoms with E-state index in [1.807, 2.05) is 30.3 Å². The van der Waals surface area contributed by atoms with Gasteiger partial charge in [-0.05, 0) is 42.5 Å². The summed E-state index contributed by atoms with van der Waals surface area (Å²) in [5, 5.41) is 3.15. The van der Waals surface area contributed by atoms with Gasteiger partial charge in [0.1, 0.15) is 5.82 Å². The Morgan fingerprint density at radius 2 is 1.85 bits per heavy atom. The van der Waals surface area contributed by atoms with E-state index in [2.05, 4.69) is 15.3 Å². The monoisotopic (exact) mass is 349 g/mol. The smallest absolute Gasteiger partial charge is 0.229 e. The summed E-state index contributed by atoms with van der Waals surface area (Å²) in [5.74, 6) is -0.590. The number of carbonyl (C=O) groups excluding carboxylic acids is 1. The van der Waals surface area contributed by atoms with Crippen molar-refractivity contribution < 1.29 is 9.18 Å². The Labute approximate surface area is 151 Å². The highest BCUT2D eigenvalue weighted by molar-refractivity contribution is 5.84. The van der Waals surface area contributed by atoms with Crippen LogP contribution in [0, 0.1) is 5.82 Å². The van der Waals surface area contributed by atoms with Crippen molar-refractivity contribution in [2.75, 3.05) is 0 Å². The fourth-order valence-electron chi connectivity index (χ4n) is 3.61. The molecule has 0 bridgehead atoms. The van der Waals surface area contributed by atoms with Crippen LogP contribution in [0.5, 0.6) is 0 Å². The average molecular weight is 349 g/mol. The van der Waals surface area contributed by atoms with Crippen LogP contribution in [-0.4, -0.2) is 15.9 Å². The molecule has 0 spiro atoms. The average Bonchev–Trinajstić information content (AvgIpc) is 3.16. The first kappa shape index (κ1) is 16.5. The molecule has 1 amide bonds. The van der Waals surface area contributed by atoms with Gasteiger partial charge in [0.15, 0.2) is 0 Å². The Hall–Kier alpha value is -2.95. The van der Waals surface area contributed by atoms with E-state index >= 15 is 0 Å². The molecule has 0 radical (unpaired) electrons. The van der Waals surface area contributed by atoms with E-state index in [9.17, 15) is 9.18 Å². The number of benzene rings is 2. The van der Waals surface area contributed by atoms with Gasteiger partial charge in [0.05, 0.1) is 24.0 Å². The number of nitrogens with one attached hydrogen (secondary N) is 2. The number of aryl methyl sites for hydroxylation is 1. The first-order chi connectivity index (χ1) is 12.7. The van der Waals surface area contributed by atoms with Gasteiger partial charge < -0.3 is 10.3 Å². The zero-order valence-electron chi connectivity index (χ0n) is 14.3. The molecule has 1 aliphatic carbocycles. The van der Waals surface area contributed by atoms with Crippen molar-refractivity contribution in [3.63, 3.8) is 0 Å². The fourth-order valence-corrected chi connectivity index (χ4v) is 3.61. The molecule has 2 atom stereocenters. The van der Waals surface area contributed by atoms with Crippen LogP contribution in [0.25, 0.3) is 0 Å². The summed E-state index contributed by atoms with van der Waals surface area (Å²) < 4.78 is 13.3. The van der Waals surface area contributed by atoms with Gasteiger partial charge in [-0.15, -0.1) is 0 Å². The second-order valence-corrected chi connectivity index (χ2v) is 6.61. The van der Waals surface area contributed by atoms with E-state index < -0.39 is 0 Å². The van der Waals surface area contributed by atoms with Crippen LogP contribution in [0.2, 0.25) is 0 Å². The van der Waals surface area contributed by atoms with Gasteiger partial charge in [0.2, 0.25) is 5.91 Å². The number of hydrogen-bond acceptors (Lipinski definition) is 2. The topological polar surface area (TPSA) is 57.8 Å². The third-order valence-electron chi connectivity index (χ3n) is 4.94. The van der Waals surface area contributed by atoms with Gasteiger partial charge >= 0.3 is 0 Å². The fraction of sp³-hybridized carbons (Fsp3) is 0.238. The van der Waals surface area contributed by atoms with Gasteiger partial charge in [-0.3, -0.25) is 4.79 Å². The molecule has 3 aromatic rings. The third-order valence-corrected chi connectivity index (χ3v) is 4.94. The zero-order chi connectivity index (χ0) is 17.9. The largest absolute Gasteiger partial charge is 0.348 e. The molecule has 1 heterocycles. The van der Waals surface area contributed by atoms with Gasteiger partial charge in [0.25, 0.3) is 0 Å². The Morgan fingerprint density at radius 3 is 2.62 bits per heavy atom. The minimum Gasteiger partial charge on any atom is -0.348 e. The number of fused-ring (bicyclic) bond motifs is 1. The molecule has 0 saturated carbocycles. The van der Waals surface area contributed by atoms with Gasteiger partial charge in [-0.1, -0.05) is 42.5 Å². The SMILES string of the molecule is O=C(NC(c1ccccc1)c1ccc(F)cc1)C1CCCc2[nH]cnc21. The van der Waals surface area contributed by atoms with Gasteiger partial charge in [0, 0.05) is 5.69 Å². The summed E-state index contributed by atoms with van der Waals surface area (Å²) in [6, 6.07) is 15.7. The van der Waals surface area contributed by atoms with E-state index in [0.29, 0.717) is 0 Å². The van der Waals surface area contributed by atoms with Crippen LogP contribution in [0.3, 0.4) is 0 Å². The number of halogens is 1. The first-order valence-electron chi connectivity index (χ1n) is 8.85. The molecule has 0 aliphatic heterocycles. The molecule has 132 valence electrons. The van der Waals surface area contributed by atoms with Crippen molar-refractivity contribution >= 4 is 5.91 Å². The predicted molar refractivity (Wildman–Crippen MR) is 97.1 cm³/mol. The van der Waals surface area contributed by atoms with Gasteiger partial charge in [-0.25, -0.2) is 9.37 Å². The molecular weight excluding hydrogens is 329 g/mol. The quantitative estimate of drug-likeness (QED) is 0.751. The molecule has 5 heteroatoms. The Bertz CT molecular complexity index is 889. The van der Waals surface area contributed by atoms with Crippen LogP contribution in [0.1, 0.15) is 47.3 Å². The van der Waals surface area contributed by atoms with Crippen LogP contribution in [0.15, 0.2) is 60.9 Å². The summed E-state index contributed by atoms with van der Waals surface area (Å²) in [5.41, 5.74) is 3.71. The second-order valence-electron chi connectivity index (χ2n) is 6.61. The standard InChI is InChI=1S/C21H20FN3O/c22-16-11-9-15(10-12-16)19(14-5-2-1-3-6-14)25-21(26)17-7-4-8-18-20(17)24-13-23-18/h1-3,5-6,9-13,17,19H,4,7-8H2,(H,23,24)(H,25,26). The Morgan fingerprint density at radius 1 is 1.12 bits per heavy atom. The normalized spacial score (nSPS) is 17.3. The number of rotatable bonds is 4. The number of nitrogens with zero attached hydrogens (tertiary/aromatic N) is 1. The van der Waals surface area contributed by atoms with Crippen molar-refractivity contribution in [1.29, 1.82) is 0 Å². The molecule has 0 fully saturated rings. The van der Waals surface area contributed by atoms with Crippen molar-refractivity contribution in [1.82, 2.24) is 15.3 Å². The van der Waals surface area contributed by atoms with Crippen molar-refractivity contribution in [3.8, 4) is 0 Å². The van der Waals surface area contributed by atoms with Gasteiger partial charge in [-0.2, -0.15) is 0 Å². The van der Waals surface area contributed by atoms with Crippen molar-refractivity contribution in [3.05, 3.63) is 89.3 Å². The summed E-state index contributed by atoms with van der Waals surface area (Å²) in [7, 11) is 0. The molecule has 1 aromatic heterocycles. The van der Waals surface area contributed by atoms with E-state index in [4.69, 9.17) is 0 Å². The summed E-state index contributed by atoms with van der Waals surface area (Å²) in [4.78, 5) is 20.5. The Kier molecular flexibility index (Phi) is 4.52. The number of carbonyl (C=O) groups is 1. The number of H-pyrrole nitrogens is 1. The highest BCUT2D eigenvalue weighted by atomic mass is 19.1. The second kappa shape index (κ2) is 7.12. The molecule has 2 aromatic carbocycles. The molecule has 4 nitrogen and oxygen atoms in total. The van der Waals surface area contributed by atoms with E-state index in [-0.39, 0.29) is 23.7 Å². The summed E-state index contributed by atoms with van der Waals surface area (Å²) in [6.07, 6.45) is 4.33. The summed E-state index contributed by atoms with van der Waals surface area (Å²) >= 11 is 0. The summed E-state index contributed by atoms with van der Waals surface area (Å²) in [6.45, 7) is 0. The van der Waals surface area contributed by atoms with E-state index in [1.54, 1.807) is 18.5 Å². The maximum atomic E-state index is 13.3. The molecule has 2 unspecified atom stereocenters. The molecule has 2 N–H and O–H groups in total. The molecular formula is C21H20FN3O. The van der Waals surface area contributed by atoms with Crippen LogP contribution in [0.4, 0.5) is 4.39 Å². The van der Waals surface area contributed by atoms with Crippen LogP contribution in [-0.2, 0) is 11.2 Å². The predicted octanol–water partition coefficient (Wildman–Crippen LogP) is 3.87. The lowest BCUT2D eigenvalue weighted by atomic mass is 9.88.